The van der Waals surface area contributed by atoms with E-state index in [4.69, 9.17) is 0 Å². The Morgan fingerprint density at radius 1 is 0.938 bits per heavy atom. The van der Waals surface area contributed by atoms with Crippen LogP contribution >= 0.6 is 11.3 Å². The summed E-state index contributed by atoms with van der Waals surface area (Å²) < 4.78 is 15.2. The van der Waals surface area contributed by atoms with Gasteiger partial charge in [0.1, 0.15) is 5.82 Å². The van der Waals surface area contributed by atoms with Crippen molar-refractivity contribution >= 4 is 17.2 Å². The molecule has 1 aromatic heterocycles. The molecular formula is C27H35FN2OS. The van der Waals surface area contributed by atoms with Crippen LogP contribution < -0.4 is 0 Å². The summed E-state index contributed by atoms with van der Waals surface area (Å²) in [4.78, 5) is 19.2. The number of carbonyl (C=O) groups excluding carboxylic acids is 1. The first-order valence-electron chi connectivity index (χ1n) is 12.5. The number of hydrogen-bond acceptors (Lipinski definition) is 3. The van der Waals surface area contributed by atoms with Gasteiger partial charge in [0, 0.05) is 24.0 Å². The fourth-order valence-electron chi connectivity index (χ4n) is 5.93. The summed E-state index contributed by atoms with van der Waals surface area (Å²) in [6.45, 7) is 5.90. The zero-order chi connectivity index (χ0) is 22.1. The predicted octanol–water partition coefficient (Wildman–Crippen LogP) is 6.61. The van der Waals surface area contributed by atoms with Crippen LogP contribution in [0.1, 0.15) is 84.5 Å². The first-order valence-corrected chi connectivity index (χ1v) is 13.4. The molecule has 3 heterocycles. The molecule has 2 aromatic rings. The second-order valence-electron chi connectivity index (χ2n) is 9.96. The maximum absolute atomic E-state index is 15.2. The van der Waals surface area contributed by atoms with Crippen LogP contribution in [0.2, 0.25) is 0 Å². The number of hydrogen-bond donors (Lipinski definition) is 0. The lowest BCUT2D eigenvalue weighted by Crippen LogP contribution is -2.42. The van der Waals surface area contributed by atoms with Gasteiger partial charge in [-0.05, 0) is 93.3 Å². The maximum Gasteiger partial charge on any atom is 0.264 e. The molecule has 1 amide bonds. The van der Waals surface area contributed by atoms with Gasteiger partial charge < -0.3 is 9.80 Å². The highest BCUT2D eigenvalue weighted by atomic mass is 32.1. The van der Waals surface area contributed by atoms with E-state index in [0.29, 0.717) is 5.92 Å². The number of amides is 1. The lowest BCUT2D eigenvalue weighted by Gasteiger charge is -2.39. The van der Waals surface area contributed by atoms with Gasteiger partial charge in [-0.15, -0.1) is 11.3 Å². The van der Waals surface area contributed by atoms with Crippen molar-refractivity contribution in [3.8, 4) is 10.4 Å². The number of piperidine rings is 1. The lowest BCUT2D eigenvalue weighted by molar-refractivity contribution is 0.0797. The van der Waals surface area contributed by atoms with Gasteiger partial charge in [-0.25, -0.2) is 4.39 Å². The highest BCUT2D eigenvalue weighted by molar-refractivity contribution is 7.17. The smallest absolute Gasteiger partial charge is 0.264 e. The Hall–Kier alpha value is -1.72. The number of benzene rings is 1. The van der Waals surface area contributed by atoms with E-state index in [1.807, 2.05) is 24.0 Å². The first kappa shape index (κ1) is 22.1. The molecule has 1 saturated carbocycles. The number of aryl methyl sites for hydroxylation is 1. The molecule has 32 heavy (non-hydrogen) atoms. The van der Waals surface area contributed by atoms with E-state index in [9.17, 15) is 4.79 Å². The average molecular weight is 455 g/mol. The number of halogens is 1. The SMILES string of the molecule is Cc1cc(-c2ccc(C3CCN(C4CCCCC4)CC3)c(F)c2)sc1C(=O)N1CCCC1. The molecule has 3 nitrogen and oxygen atoms in total. The van der Waals surface area contributed by atoms with Crippen LogP contribution in [0.3, 0.4) is 0 Å². The summed E-state index contributed by atoms with van der Waals surface area (Å²) >= 11 is 1.51. The van der Waals surface area contributed by atoms with Crippen molar-refractivity contribution in [1.82, 2.24) is 9.80 Å². The van der Waals surface area contributed by atoms with E-state index in [1.165, 1.54) is 43.4 Å². The standard InChI is InChI=1S/C27H35FN2OS/c1-19-17-25(32-26(19)27(31)30-13-5-6-14-30)21-9-10-23(24(28)18-21)20-11-15-29(16-12-20)22-7-3-2-4-8-22/h9-10,17-18,20,22H,2-8,11-16H2,1H3. The van der Waals surface area contributed by atoms with Crippen molar-refractivity contribution in [2.75, 3.05) is 26.2 Å². The van der Waals surface area contributed by atoms with Gasteiger partial charge in [0.05, 0.1) is 4.88 Å². The summed E-state index contributed by atoms with van der Waals surface area (Å²) in [6, 6.07) is 8.56. The van der Waals surface area contributed by atoms with E-state index in [2.05, 4.69) is 11.0 Å². The maximum atomic E-state index is 15.2. The van der Waals surface area contributed by atoms with E-state index < -0.39 is 0 Å². The average Bonchev–Trinajstić information content (AvgIpc) is 3.50. The van der Waals surface area contributed by atoms with Crippen molar-refractivity contribution in [1.29, 1.82) is 0 Å². The highest BCUT2D eigenvalue weighted by Gasteiger charge is 2.28. The Morgan fingerprint density at radius 3 is 2.34 bits per heavy atom. The second-order valence-corrected chi connectivity index (χ2v) is 11.0. The number of rotatable bonds is 4. The first-order chi connectivity index (χ1) is 15.6. The molecular weight excluding hydrogens is 419 g/mol. The van der Waals surface area contributed by atoms with Crippen LogP contribution in [-0.4, -0.2) is 47.9 Å². The summed E-state index contributed by atoms with van der Waals surface area (Å²) in [5.74, 6) is 0.372. The Bertz CT molecular complexity index is 951. The Morgan fingerprint density at radius 2 is 1.66 bits per heavy atom. The summed E-state index contributed by atoms with van der Waals surface area (Å²) in [5.41, 5.74) is 2.76. The number of carbonyl (C=O) groups is 1. The van der Waals surface area contributed by atoms with Crippen LogP contribution in [0.25, 0.3) is 10.4 Å². The lowest BCUT2D eigenvalue weighted by atomic mass is 9.86. The Labute approximate surface area is 195 Å². The summed E-state index contributed by atoms with van der Waals surface area (Å²) in [6.07, 6.45) is 11.1. The van der Waals surface area contributed by atoms with E-state index in [-0.39, 0.29) is 11.7 Å². The number of likely N-dealkylation sites (tertiary alicyclic amines) is 2. The molecule has 2 saturated heterocycles. The molecule has 0 unspecified atom stereocenters. The molecule has 3 fully saturated rings. The monoisotopic (exact) mass is 454 g/mol. The predicted molar refractivity (Wildman–Crippen MR) is 130 cm³/mol. The molecule has 5 rings (SSSR count). The molecule has 1 aromatic carbocycles. The molecule has 0 atom stereocenters. The Balaban J connectivity index is 1.27. The highest BCUT2D eigenvalue weighted by Crippen LogP contribution is 2.37. The van der Waals surface area contributed by atoms with Crippen molar-refractivity contribution in [2.45, 2.75) is 76.7 Å². The van der Waals surface area contributed by atoms with Gasteiger partial charge in [-0.1, -0.05) is 31.4 Å². The van der Waals surface area contributed by atoms with Crippen molar-refractivity contribution < 1.29 is 9.18 Å². The van der Waals surface area contributed by atoms with Crippen molar-refractivity contribution in [2.24, 2.45) is 0 Å². The number of nitrogens with zero attached hydrogens (tertiary/aromatic N) is 2. The molecule has 172 valence electrons. The molecule has 0 radical (unpaired) electrons. The largest absolute Gasteiger partial charge is 0.338 e. The topological polar surface area (TPSA) is 23.6 Å². The molecule has 3 aliphatic rings. The fourth-order valence-corrected chi connectivity index (χ4v) is 7.07. The third kappa shape index (κ3) is 4.51. The molecule has 1 aliphatic carbocycles. The van der Waals surface area contributed by atoms with E-state index in [0.717, 1.165) is 84.3 Å². The quantitative estimate of drug-likeness (QED) is 0.519. The third-order valence-corrected chi connectivity index (χ3v) is 9.12. The van der Waals surface area contributed by atoms with Gasteiger partial charge in [0.15, 0.2) is 0 Å². The van der Waals surface area contributed by atoms with Crippen molar-refractivity contribution in [3.63, 3.8) is 0 Å². The minimum atomic E-state index is -0.0860. The zero-order valence-corrected chi connectivity index (χ0v) is 20.1. The summed E-state index contributed by atoms with van der Waals surface area (Å²) in [5, 5.41) is 0. The number of thiophene rings is 1. The minimum Gasteiger partial charge on any atom is -0.338 e. The van der Waals surface area contributed by atoms with E-state index >= 15 is 4.39 Å². The summed E-state index contributed by atoms with van der Waals surface area (Å²) in [7, 11) is 0. The normalized spacial score (nSPS) is 21.4. The minimum absolute atomic E-state index is 0.0860. The fraction of sp³-hybridized carbons (Fsp3) is 0.593. The van der Waals surface area contributed by atoms with E-state index in [1.54, 1.807) is 6.07 Å². The second kappa shape index (κ2) is 9.64. The van der Waals surface area contributed by atoms with Gasteiger partial charge >= 0.3 is 0 Å². The molecule has 0 spiro atoms. The Kier molecular flexibility index (Phi) is 6.66. The van der Waals surface area contributed by atoms with Gasteiger partial charge in [-0.3, -0.25) is 4.79 Å². The van der Waals surface area contributed by atoms with Crippen LogP contribution in [0, 0.1) is 12.7 Å². The molecule has 5 heteroatoms. The van der Waals surface area contributed by atoms with Crippen LogP contribution in [0.4, 0.5) is 4.39 Å². The molecule has 0 N–H and O–H groups in total. The van der Waals surface area contributed by atoms with Crippen molar-refractivity contribution in [3.05, 3.63) is 46.1 Å². The molecule has 2 aliphatic heterocycles. The van der Waals surface area contributed by atoms with Crippen LogP contribution in [0.5, 0.6) is 0 Å². The van der Waals surface area contributed by atoms with Crippen LogP contribution in [-0.2, 0) is 0 Å². The van der Waals surface area contributed by atoms with Crippen LogP contribution in [0.15, 0.2) is 24.3 Å². The zero-order valence-electron chi connectivity index (χ0n) is 19.2. The molecule has 0 bridgehead atoms. The van der Waals surface area contributed by atoms with Gasteiger partial charge in [0.25, 0.3) is 5.91 Å². The third-order valence-electron chi connectivity index (χ3n) is 7.85. The van der Waals surface area contributed by atoms with Gasteiger partial charge in [-0.2, -0.15) is 0 Å². The van der Waals surface area contributed by atoms with Gasteiger partial charge in [0.2, 0.25) is 0 Å².